The number of hydrogen-bond donors (Lipinski definition) is 2. The van der Waals surface area contributed by atoms with E-state index in [1.165, 1.54) is 0 Å². The van der Waals surface area contributed by atoms with Gasteiger partial charge in [-0.2, -0.15) is 0 Å². The third kappa shape index (κ3) is 3.71. The van der Waals surface area contributed by atoms with Gasteiger partial charge in [-0.3, -0.25) is 9.69 Å². The van der Waals surface area contributed by atoms with Crippen LogP contribution in [0.1, 0.15) is 16.8 Å². The van der Waals surface area contributed by atoms with Crippen molar-refractivity contribution in [2.45, 2.75) is 6.42 Å². The van der Waals surface area contributed by atoms with Crippen molar-refractivity contribution in [3.05, 3.63) is 29.8 Å². The summed E-state index contributed by atoms with van der Waals surface area (Å²) in [6, 6.07) is 7.57. The van der Waals surface area contributed by atoms with Crippen molar-refractivity contribution < 1.29 is 9.90 Å². The van der Waals surface area contributed by atoms with Crippen LogP contribution in [0.2, 0.25) is 0 Å². The largest absolute Gasteiger partial charge is 0.395 e. The lowest BCUT2D eigenvalue weighted by Gasteiger charge is -2.21. The second kappa shape index (κ2) is 7.26. The summed E-state index contributed by atoms with van der Waals surface area (Å²) in [7, 11) is 1.86. The summed E-state index contributed by atoms with van der Waals surface area (Å²) >= 11 is 0. The van der Waals surface area contributed by atoms with Crippen LogP contribution in [0.15, 0.2) is 24.3 Å². The van der Waals surface area contributed by atoms with Crippen molar-refractivity contribution in [1.82, 2.24) is 9.80 Å². The Morgan fingerprint density at radius 3 is 2.60 bits per heavy atom. The molecule has 0 radical (unpaired) electrons. The second-order valence-electron chi connectivity index (χ2n) is 5.04. The zero-order chi connectivity index (χ0) is 14.4. The molecular weight excluding hydrogens is 254 g/mol. The summed E-state index contributed by atoms with van der Waals surface area (Å²) in [5.41, 5.74) is 1.74. The lowest BCUT2D eigenvalue weighted by molar-refractivity contribution is 0.0760. The molecule has 5 heteroatoms. The van der Waals surface area contributed by atoms with Gasteiger partial charge in [0.2, 0.25) is 0 Å². The molecule has 0 aromatic heterocycles. The summed E-state index contributed by atoms with van der Waals surface area (Å²) in [6.45, 7) is 4.17. The number of anilines is 1. The van der Waals surface area contributed by atoms with E-state index in [0.29, 0.717) is 6.54 Å². The number of aliphatic hydroxyl groups excluding tert-OH is 1. The first-order valence-corrected chi connectivity index (χ1v) is 7.15. The molecule has 1 aliphatic rings. The third-order valence-corrected chi connectivity index (χ3v) is 3.71. The van der Waals surface area contributed by atoms with Gasteiger partial charge in [-0.25, -0.2) is 0 Å². The quantitative estimate of drug-likeness (QED) is 0.857. The van der Waals surface area contributed by atoms with E-state index in [2.05, 4.69) is 10.2 Å². The van der Waals surface area contributed by atoms with Crippen LogP contribution in [0, 0.1) is 0 Å². The molecule has 0 unspecified atom stereocenters. The maximum atomic E-state index is 12.5. The standard InChI is InChI=1S/C15H23N3O2/c1-16-14-5-3-13(4-6-14)15(20)18-8-2-7-17(9-10-18)11-12-19/h3-6,16,19H,2,7-12H2,1H3. The van der Waals surface area contributed by atoms with Gasteiger partial charge >= 0.3 is 0 Å². The molecule has 0 saturated carbocycles. The Balaban J connectivity index is 1.97. The first-order valence-electron chi connectivity index (χ1n) is 7.15. The molecule has 110 valence electrons. The summed E-state index contributed by atoms with van der Waals surface area (Å²) in [4.78, 5) is 16.6. The van der Waals surface area contributed by atoms with Crippen LogP contribution in [-0.2, 0) is 0 Å². The van der Waals surface area contributed by atoms with Gasteiger partial charge < -0.3 is 15.3 Å². The maximum absolute atomic E-state index is 12.5. The number of benzene rings is 1. The van der Waals surface area contributed by atoms with Crippen LogP contribution < -0.4 is 5.32 Å². The predicted molar refractivity (Wildman–Crippen MR) is 80.0 cm³/mol. The number of carbonyl (C=O) groups is 1. The Morgan fingerprint density at radius 1 is 1.20 bits per heavy atom. The van der Waals surface area contributed by atoms with E-state index >= 15 is 0 Å². The van der Waals surface area contributed by atoms with Crippen LogP contribution >= 0.6 is 0 Å². The number of carbonyl (C=O) groups excluding carboxylic acids is 1. The minimum atomic E-state index is 0.0958. The molecule has 1 aromatic rings. The van der Waals surface area contributed by atoms with Gasteiger partial charge in [-0.15, -0.1) is 0 Å². The van der Waals surface area contributed by atoms with Gasteiger partial charge in [0, 0.05) is 44.5 Å². The molecule has 0 aliphatic carbocycles. The second-order valence-corrected chi connectivity index (χ2v) is 5.04. The van der Waals surface area contributed by atoms with E-state index in [9.17, 15) is 4.79 Å². The number of aliphatic hydroxyl groups is 1. The van der Waals surface area contributed by atoms with Crippen LogP contribution in [0.5, 0.6) is 0 Å². The third-order valence-electron chi connectivity index (χ3n) is 3.71. The van der Waals surface area contributed by atoms with Crippen LogP contribution in [-0.4, -0.2) is 67.2 Å². The maximum Gasteiger partial charge on any atom is 0.253 e. The highest BCUT2D eigenvalue weighted by Gasteiger charge is 2.19. The normalized spacial score (nSPS) is 16.8. The Morgan fingerprint density at radius 2 is 1.95 bits per heavy atom. The summed E-state index contributed by atoms with van der Waals surface area (Å²) in [5.74, 6) is 0.0958. The Labute approximate surface area is 120 Å². The van der Waals surface area contributed by atoms with E-state index in [1.54, 1.807) is 0 Å². The Hall–Kier alpha value is -1.59. The first-order chi connectivity index (χ1) is 9.74. The highest BCUT2D eigenvalue weighted by molar-refractivity contribution is 5.94. The van der Waals surface area contributed by atoms with E-state index in [4.69, 9.17) is 5.11 Å². The molecule has 1 amide bonds. The van der Waals surface area contributed by atoms with Gasteiger partial charge in [0.1, 0.15) is 0 Å². The highest BCUT2D eigenvalue weighted by atomic mass is 16.3. The fraction of sp³-hybridized carbons (Fsp3) is 0.533. The monoisotopic (exact) mass is 277 g/mol. The average molecular weight is 277 g/mol. The predicted octanol–water partition coefficient (Wildman–Crippen LogP) is 0.868. The van der Waals surface area contributed by atoms with Gasteiger partial charge in [-0.1, -0.05) is 0 Å². The van der Waals surface area contributed by atoms with Gasteiger partial charge in [0.15, 0.2) is 0 Å². The summed E-state index contributed by atoms with van der Waals surface area (Å²) in [6.07, 6.45) is 0.959. The molecule has 1 aliphatic heterocycles. The Kier molecular flexibility index (Phi) is 5.38. The first kappa shape index (κ1) is 14.8. The van der Waals surface area contributed by atoms with Crippen LogP contribution in [0.4, 0.5) is 5.69 Å². The molecule has 5 nitrogen and oxygen atoms in total. The number of hydrogen-bond acceptors (Lipinski definition) is 4. The van der Waals surface area contributed by atoms with Crippen molar-refractivity contribution in [3.8, 4) is 0 Å². The SMILES string of the molecule is CNc1ccc(C(=O)N2CCCN(CCO)CC2)cc1. The van der Waals surface area contributed by atoms with Crippen molar-refractivity contribution >= 4 is 11.6 Å². The molecule has 1 heterocycles. The van der Waals surface area contributed by atoms with E-state index < -0.39 is 0 Å². The number of nitrogens with one attached hydrogen (secondary N) is 1. The number of rotatable bonds is 4. The van der Waals surface area contributed by atoms with Crippen molar-refractivity contribution in [1.29, 1.82) is 0 Å². The van der Waals surface area contributed by atoms with Crippen molar-refractivity contribution in [2.24, 2.45) is 0 Å². The van der Waals surface area contributed by atoms with Gasteiger partial charge in [-0.05, 0) is 37.2 Å². The van der Waals surface area contributed by atoms with E-state index in [-0.39, 0.29) is 12.5 Å². The minimum absolute atomic E-state index is 0.0958. The van der Waals surface area contributed by atoms with Crippen LogP contribution in [0.3, 0.4) is 0 Å². The fourth-order valence-electron chi connectivity index (χ4n) is 2.50. The smallest absolute Gasteiger partial charge is 0.253 e. The topological polar surface area (TPSA) is 55.8 Å². The zero-order valence-electron chi connectivity index (χ0n) is 12.0. The average Bonchev–Trinajstić information content (AvgIpc) is 2.73. The minimum Gasteiger partial charge on any atom is -0.395 e. The lowest BCUT2D eigenvalue weighted by atomic mass is 10.1. The molecule has 0 bridgehead atoms. The molecule has 2 N–H and O–H groups in total. The van der Waals surface area contributed by atoms with E-state index in [0.717, 1.165) is 43.9 Å². The van der Waals surface area contributed by atoms with Gasteiger partial charge in [0.25, 0.3) is 5.91 Å². The molecule has 0 spiro atoms. The van der Waals surface area contributed by atoms with Gasteiger partial charge in [0.05, 0.1) is 6.61 Å². The number of β-amino-alcohol motifs (C(OH)–C–C–N with tert-alkyl or cyclic N) is 1. The number of amides is 1. The van der Waals surface area contributed by atoms with Crippen molar-refractivity contribution in [2.75, 3.05) is 51.7 Å². The fourth-order valence-corrected chi connectivity index (χ4v) is 2.50. The highest BCUT2D eigenvalue weighted by Crippen LogP contribution is 2.12. The molecule has 1 fully saturated rings. The number of nitrogens with zero attached hydrogens (tertiary/aromatic N) is 2. The summed E-state index contributed by atoms with van der Waals surface area (Å²) in [5, 5.41) is 12.0. The van der Waals surface area contributed by atoms with Crippen LogP contribution in [0.25, 0.3) is 0 Å². The Bertz CT molecular complexity index is 433. The molecule has 2 rings (SSSR count). The van der Waals surface area contributed by atoms with Crippen molar-refractivity contribution in [3.63, 3.8) is 0 Å². The molecule has 0 atom stereocenters. The molecule has 20 heavy (non-hydrogen) atoms. The molecule has 1 saturated heterocycles. The summed E-state index contributed by atoms with van der Waals surface area (Å²) < 4.78 is 0. The zero-order valence-corrected chi connectivity index (χ0v) is 12.0. The molecular formula is C15H23N3O2. The lowest BCUT2D eigenvalue weighted by Crippen LogP contribution is -2.35. The van der Waals surface area contributed by atoms with E-state index in [1.807, 2.05) is 36.2 Å². The molecule has 1 aromatic carbocycles.